The van der Waals surface area contributed by atoms with Crippen molar-refractivity contribution in [2.75, 3.05) is 0 Å². The first-order valence-electron chi connectivity index (χ1n) is 4.81. The van der Waals surface area contributed by atoms with Crippen LogP contribution in [0.2, 0.25) is 0 Å². The van der Waals surface area contributed by atoms with Gasteiger partial charge in [-0.15, -0.1) is 0 Å². The third-order valence-corrected chi connectivity index (χ3v) is 1.76. The highest BCUT2D eigenvalue weighted by molar-refractivity contribution is 5.27. The lowest BCUT2D eigenvalue weighted by atomic mass is 10.1. The van der Waals surface area contributed by atoms with Crippen LogP contribution in [-0.2, 0) is 12.6 Å². The molecule has 15 heavy (non-hydrogen) atoms. The van der Waals surface area contributed by atoms with E-state index >= 15 is 0 Å². The Kier molecular flexibility index (Phi) is 5.33. The number of alkyl halides is 3. The molecule has 0 heterocycles. The van der Waals surface area contributed by atoms with E-state index in [0.717, 1.165) is 6.07 Å². The fourth-order valence-corrected chi connectivity index (χ4v) is 1.07. The van der Waals surface area contributed by atoms with Crippen molar-refractivity contribution in [3.05, 3.63) is 35.1 Å². The van der Waals surface area contributed by atoms with Crippen molar-refractivity contribution in [3.63, 3.8) is 0 Å². The predicted octanol–water partition coefficient (Wildman–Crippen LogP) is 4.43. The standard InChI is InChI=1S/C9H8F4.C2H6/c1-2-6-4-3-5-7(8(6)10)9(11,12)13;1-2/h3-5H,2H2,1H3;1-2H3. The Bertz CT molecular complexity index is 302. The third-order valence-electron chi connectivity index (χ3n) is 1.76. The summed E-state index contributed by atoms with van der Waals surface area (Å²) in [6, 6.07) is 3.31. The number of hydrogen-bond acceptors (Lipinski definition) is 0. The number of halogens is 4. The van der Waals surface area contributed by atoms with E-state index in [4.69, 9.17) is 0 Å². The Morgan fingerprint density at radius 1 is 1.13 bits per heavy atom. The Labute approximate surface area is 86.9 Å². The maximum atomic E-state index is 13.0. The lowest BCUT2D eigenvalue weighted by Crippen LogP contribution is -2.09. The second kappa shape index (κ2) is 5.73. The molecule has 0 N–H and O–H groups in total. The molecule has 0 aliphatic rings. The van der Waals surface area contributed by atoms with Crippen molar-refractivity contribution in [2.24, 2.45) is 0 Å². The summed E-state index contributed by atoms with van der Waals surface area (Å²) in [5.41, 5.74) is -1.10. The van der Waals surface area contributed by atoms with Gasteiger partial charge in [0.25, 0.3) is 0 Å². The Morgan fingerprint density at radius 3 is 2.07 bits per heavy atom. The van der Waals surface area contributed by atoms with E-state index in [0.29, 0.717) is 0 Å². The van der Waals surface area contributed by atoms with E-state index in [2.05, 4.69) is 0 Å². The lowest BCUT2D eigenvalue weighted by molar-refractivity contribution is -0.140. The number of aryl methyl sites for hydroxylation is 1. The highest BCUT2D eigenvalue weighted by atomic mass is 19.4. The monoisotopic (exact) mass is 222 g/mol. The molecule has 86 valence electrons. The lowest BCUT2D eigenvalue weighted by Gasteiger charge is -2.09. The molecule has 0 atom stereocenters. The van der Waals surface area contributed by atoms with E-state index in [-0.39, 0.29) is 12.0 Å². The van der Waals surface area contributed by atoms with Gasteiger partial charge in [-0.2, -0.15) is 13.2 Å². The Morgan fingerprint density at radius 2 is 1.67 bits per heavy atom. The molecule has 0 saturated carbocycles. The van der Waals surface area contributed by atoms with Crippen LogP contribution in [-0.4, -0.2) is 0 Å². The quantitative estimate of drug-likeness (QED) is 0.616. The van der Waals surface area contributed by atoms with Gasteiger partial charge in [-0.25, -0.2) is 4.39 Å². The van der Waals surface area contributed by atoms with Gasteiger partial charge in [0, 0.05) is 0 Å². The second-order valence-corrected chi connectivity index (χ2v) is 2.63. The van der Waals surface area contributed by atoms with Gasteiger partial charge in [0.15, 0.2) is 0 Å². The van der Waals surface area contributed by atoms with Gasteiger partial charge >= 0.3 is 6.18 Å². The number of rotatable bonds is 1. The van der Waals surface area contributed by atoms with Crippen LogP contribution < -0.4 is 0 Å². The average Bonchev–Trinajstić information content (AvgIpc) is 2.19. The largest absolute Gasteiger partial charge is 0.419 e. The molecule has 1 aromatic carbocycles. The number of benzene rings is 1. The fraction of sp³-hybridized carbons (Fsp3) is 0.455. The summed E-state index contributed by atoms with van der Waals surface area (Å²) in [5.74, 6) is -1.16. The van der Waals surface area contributed by atoms with Crippen molar-refractivity contribution < 1.29 is 17.6 Å². The zero-order valence-electron chi connectivity index (χ0n) is 8.95. The van der Waals surface area contributed by atoms with Gasteiger partial charge in [0.2, 0.25) is 0 Å². The molecule has 0 aromatic heterocycles. The van der Waals surface area contributed by atoms with Gasteiger partial charge in [-0.1, -0.05) is 32.9 Å². The van der Waals surface area contributed by atoms with Gasteiger partial charge in [-0.3, -0.25) is 0 Å². The molecule has 0 fully saturated rings. The highest BCUT2D eigenvalue weighted by Gasteiger charge is 2.34. The maximum Gasteiger partial charge on any atom is 0.419 e. The molecule has 0 amide bonds. The minimum absolute atomic E-state index is 0.0924. The summed E-state index contributed by atoms with van der Waals surface area (Å²) < 4.78 is 49.4. The molecule has 0 saturated heterocycles. The first-order chi connectivity index (χ1) is 6.96. The zero-order chi connectivity index (χ0) is 12.1. The van der Waals surface area contributed by atoms with E-state index in [9.17, 15) is 17.6 Å². The summed E-state index contributed by atoms with van der Waals surface area (Å²) in [4.78, 5) is 0. The Hall–Kier alpha value is -1.06. The van der Waals surface area contributed by atoms with Crippen molar-refractivity contribution in [2.45, 2.75) is 33.4 Å². The van der Waals surface area contributed by atoms with E-state index in [1.54, 1.807) is 6.92 Å². The van der Waals surface area contributed by atoms with Gasteiger partial charge in [-0.05, 0) is 18.1 Å². The normalized spacial score (nSPS) is 10.6. The van der Waals surface area contributed by atoms with Crippen LogP contribution in [0.4, 0.5) is 17.6 Å². The van der Waals surface area contributed by atoms with Gasteiger partial charge in [0.05, 0.1) is 5.56 Å². The SMILES string of the molecule is CC.CCc1cccc(C(F)(F)F)c1F. The summed E-state index contributed by atoms with van der Waals surface area (Å²) in [5, 5.41) is 0. The Balaban J connectivity index is 0.000000921. The molecular weight excluding hydrogens is 208 g/mol. The molecule has 4 heteroatoms. The van der Waals surface area contributed by atoms with E-state index in [1.807, 2.05) is 13.8 Å². The first-order valence-corrected chi connectivity index (χ1v) is 4.81. The molecule has 0 aliphatic heterocycles. The van der Waals surface area contributed by atoms with Crippen molar-refractivity contribution >= 4 is 0 Å². The summed E-state index contributed by atoms with van der Waals surface area (Å²) in [7, 11) is 0. The first kappa shape index (κ1) is 13.9. The smallest absolute Gasteiger partial charge is 0.206 e. The van der Waals surface area contributed by atoms with E-state index in [1.165, 1.54) is 12.1 Å². The van der Waals surface area contributed by atoms with E-state index < -0.39 is 17.6 Å². The summed E-state index contributed by atoms with van der Waals surface area (Å²) in [6.45, 7) is 5.61. The van der Waals surface area contributed by atoms with Crippen molar-refractivity contribution in [1.29, 1.82) is 0 Å². The molecule has 1 aromatic rings. The maximum absolute atomic E-state index is 13.0. The number of hydrogen-bond donors (Lipinski definition) is 0. The summed E-state index contributed by atoms with van der Waals surface area (Å²) >= 11 is 0. The third kappa shape index (κ3) is 3.53. The minimum atomic E-state index is -4.60. The van der Waals surface area contributed by atoms with Crippen LogP contribution in [0.5, 0.6) is 0 Å². The molecule has 0 nitrogen and oxygen atoms in total. The topological polar surface area (TPSA) is 0 Å². The van der Waals surface area contributed by atoms with Gasteiger partial charge < -0.3 is 0 Å². The van der Waals surface area contributed by atoms with Crippen LogP contribution in [0.15, 0.2) is 18.2 Å². The van der Waals surface area contributed by atoms with Crippen LogP contribution in [0.25, 0.3) is 0 Å². The molecular formula is C11H14F4. The average molecular weight is 222 g/mol. The van der Waals surface area contributed by atoms with Crippen molar-refractivity contribution in [3.8, 4) is 0 Å². The molecule has 0 bridgehead atoms. The molecule has 0 radical (unpaired) electrons. The van der Waals surface area contributed by atoms with Crippen LogP contribution in [0, 0.1) is 5.82 Å². The molecule has 0 spiro atoms. The van der Waals surface area contributed by atoms with Gasteiger partial charge in [0.1, 0.15) is 5.82 Å². The highest BCUT2D eigenvalue weighted by Crippen LogP contribution is 2.32. The minimum Gasteiger partial charge on any atom is -0.206 e. The fourth-order valence-electron chi connectivity index (χ4n) is 1.07. The van der Waals surface area contributed by atoms with Crippen molar-refractivity contribution in [1.82, 2.24) is 0 Å². The predicted molar refractivity (Wildman–Crippen MR) is 52.1 cm³/mol. The van der Waals surface area contributed by atoms with Crippen LogP contribution >= 0.6 is 0 Å². The van der Waals surface area contributed by atoms with Crippen LogP contribution in [0.1, 0.15) is 31.9 Å². The zero-order valence-corrected chi connectivity index (χ0v) is 8.95. The second-order valence-electron chi connectivity index (χ2n) is 2.63. The molecule has 0 unspecified atom stereocenters. The summed E-state index contributed by atoms with van der Waals surface area (Å²) in [6.07, 6.45) is -4.34. The molecule has 0 aliphatic carbocycles. The van der Waals surface area contributed by atoms with Crippen LogP contribution in [0.3, 0.4) is 0 Å². The molecule has 1 rings (SSSR count).